The molecule has 120 valence electrons. The minimum atomic E-state index is -0.0153. The zero-order chi connectivity index (χ0) is 16.7. The number of hydrogen-bond acceptors (Lipinski definition) is 6. The summed E-state index contributed by atoms with van der Waals surface area (Å²) in [5.41, 5.74) is 1.77. The topological polar surface area (TPSA) is 78.7 Å². The molecule has 0 bridgehead atoms. The fraction of sp³-hybridized carbons (Fsp3) is 0.375. The molecule has 0 aliphatic carbocycles. The van der Waals surface area contributed by atoms with Gasteiger partial charge in [0.25, 0.3) is 0 Å². The molecule has 0 spiro atoms. The molecule has 0 fully saturated rings. The standard InChI is InChI=1S/C16H18N4OS2/c1-11(2)3-8-14(21)18-15-19-20-16(23-15)22-10-13-6-4-12(9-17)5-7-13/h4-7,11H,3,8,10H2,1-2H3,(H,18,19,21). The molecule has 23 heavy (non-hydrogen) atoms. The minimum Gasteiger partial charge on any atom is -0.301 e. The molecule has 0 saturated carbocycles. The number of thioether (sulfide) groups is 1. The van der Waals surface area contributed by atoms with E-state index in [1.54, 1.807) is 23.9 Å². The number of nitriles is 1. The van der Waals surface area contributed by atoms with Gasteiger partial charge in [-0.1, -0.05) is 49.1 Å². The maximum atomic E-state index is 11.8. The van der Waals surface area contributed by atoms with E-state index in [1.165, 1.54) is 11.3 Å². The monoisotopic (exact) mass is 346 g/mol. The second-order valence-electron chi connectivity index (χ2n) is 5.45. The quantitative estimate of drug-likeness (QED) is 0.604. The van der Waals surface area contributed by atoms with Crippen LogP contribution in [0.3, 0.4) is 0 Å². The molecule has 0 atom stereocenters. The van der Waals surface area contributed by atoms with Crippen molar-refractivity contribution in [1.29, 1.82) is 5.26 Å². The highest BCUT2D eigenvalue weighted by molar-refractivity contribution is 8.00. The Kier molecular flexibility index (Phi) is 6.56. The van der Waals surface area contributed by atoms with Gasteiger partial charge in [0, 0.05) is 12.2 Å². The Bertz CT molecular complexity index is 689. The molecule has 2 aromatic rings. The molecule has 0 aliphatic heterocycles. The van der Waals surface area contributed by atoms with Gasteiger partial charge >= 0.3 is 0 Å². The Morgan fingerprint density at radius 1 is 1.35 bits per heavy atom. The summed E-state index contributed by atoms with van der Waals surface area (Å²) in [7, 11) is 0. The van der Waals surface area contributed by atoms with Gasteiger partial charge in [0.2, 0.25) is 11.0 Å². The first kappa shape index (κ1) is 17.4. The lowest BCUT2D eigenvalue weighted by Crippen LogP contribution is -2.11. The van der Waals surface area contributed by atoms with E-state index in [0.29, 0.717) is 23.0 Å². The molecule has 1 heterocycles. The van der Waals surface area contributed by atoms with Gasteiger partial charge in [0.15, 0.2) is 4.34 Å². The zero-order valence-electron chi connectivity index (χ0n) is 13.1. The van der Waals surface area contributed by atoms with Crippen molar-refractivity contribution in [3.8, 4) is 6.07 Å². The molecule has 0 aliphatic rings. The van der Waals surface area contributed by atoms with Crippen LogP contribution in [0.15, 0.2) is 28.6 Å². The predicted octanol–water partition coefficient (Wildman–Crippen LogP) is 4.08. The molecule has 1 aromatic heterocycles. The fourth-order valence-electron chi connectivity index (χ4n) is 1.74. The fourth-order valence-corrected chi connectivity index (χ4v) is 3.46. The molecular formula is C16H18N4OS2. The van der Waals surface area contributed by atoms with Crippen LogP contribution in [0.5, 0.6) is 0 Å². The van der Waals surface area contributed by atoms with E-state index in [-0.39, 0.29) is 5.91 Å². The van der Waals surface area contributed by atoms with Crippen LogP contribution in [0, 0.1) is 17.2 Å². The van der Waals surface area contributed by atoms with Crippen LogP contribution >= 0.6 is 23.1 Å². The first-order valence-corrected chi connectivity index (χ1v) is 9.12. The van der Waals surface area contributed by atoms with Crippen LogP contribution in [0.2, 0.25) is 0 Å². The number of amides is 1. The van der Waals surface area contributed by atoms with Crippen LogP contribution in [0.1, 0.15) is 37.8 Å². The number of aromatic nitrogens is 2. The maximum Gasteiger partial charge on any atom is 0.226 e. The van der Waals surface area contributed by atoms with E-state index in [4.69, 9.17) is 5.26 Å². The summed E-state index contributed by atoms with van der Waals surface area (Å²) in [6, 6.07) is 9.57. The molecule has 1 aromatic carbocycles. The van der Waals surface area contributed by atoms with Crippen molar-refractivity contribution in [3.05, 3.63) is 35.4 Å². The van der Waals surface area contributed by atoms with E-state index >= 15 is 0 Å². The Morgan fingerprint density at radius 3 is 2.74 bits per heavy atom. The van der Waals surface area contributed by atoms with Gasteiger partial charge in [-0.05, 0) is 30.0 Å². The molecule has 1 amide bonds. The lowest BCUT2D eigenvalue weighted by atomic mass is 10.1. The van der Waals surface area contributed by atoms with Crippen LogP contribution < -0.4 is 5.32 Å². The van der Waals surface area contributed by atoms with Gasteiger partial charge in [-0.25, -0.2) is 0 Å². The lowest BCUT2D eigenvalue weighted by molar-refractivity contribution is -0.116. The number of rotatable bonds is 7. The summed E-state index contributed by atoms with van der Waals surface area (Å²) >= 11 is 2.94. The molecular weight excluding hydrogens is 328 g/mol. The number of nitrogens with zero attached hydrogens (tertiary/aromatic N) is 3. The minimum absolute atomic E-state index is 0.0153. The van der Waals surface area contributed by atoms with Gasteiger partial charge in [0.05, 0.1) is 11.6 Å². The van der Waals surface area contributed by atoms with E-state index in [9.17, 15) is 4.79 Å². The number of nitrogens with one attached hydrogen (secondary N) is 1. The van der Waals surface area contributed by atoms with Crippen molar-refractivity contribution >= 4 is 34.1 Å². The number of carbonyl (C=O) groups is 1. The summed E-state index contributed by atoms with van der Waals surface area (Å²) in [6.07, 6.45) is 1.37. The summed E-state index contributed by atoms with van der Waals surface area (Å²) in [5.74, 6) is 1.24. The van der Waals surface area contributed by atoms with Crippen molar-refractivity contribution in [2.75, 3.05) is 5.32 Å². The Balaban J connectivity index is 1.82. The van der Waals surface area contributed by atoms with E-state index in [1.807, 2.05) is 12.1 Å². The molecule has 2 rings (SSSR count). The third-order valence-electron chi connectivity index (χ3n) is 3.05. The average molecular weight is 346 g/mol. The maximum absolute atomic E-state index is 11.8. The van der Waals surface area contributed by atoms with Crippen LogP contribution in [0.4, 0.5) is 5.13 Å². The van der Waals surface area contributed by atoms with Crippen LogP contribution in [0.25, 0.3) is 0 Å². The van der Waals surface area contributed by atoms with Crippen LogP contribution in [-0.4, -0.2) is 16.1 Å². The number of carbonyl (C=O) groups excluding carboxylic acids is 1. The predicted molar refractivity (Wildman–Crippen MR) is 93.3 cm³/mol. The average Bonchev–Trinajstić information content (AvgIpc) is 2.99. The molecule has 0 radical (unpaired) electrons. The van der Waals surface area contributed by atoms with Gasteiger partial charge in [-0.2, -0.15) is 5.26 Å². The van der Waals surface area contributed by atoms with Gasteiger partial charge in [-0.15, -0.1) is 10.2 Å². The van der Waals surface area contributed by atoms with Gasteiger partial charge < -0.3 is 5.32 Å². The summed E-state index contributed by atoms with van der Waals surface area (Å²) in [6.45, 7) is 4.19. The first-order chi connectivity index (χ1) is 11.1. The smallest absolute Gasteiger partial charge is 0.226 e. The van der Waals surface area contributed by atoms with Crippen molar-refractivity contribution < 1.29 is 4.79 Å². The Morgan fingerprint density at radius 2 is 2.09 bits per heavy atom. The number of benzene rings is 1. The van der Waals surface area contributed by atoms with E-state index in [0.717, 1.165) is 22.1 Å². The largest absolute Gasteiger partial charge is 0.301 e. The third kappa shape index (κ3) is 6.00. The van der Waals surface area contributed by atoms with E-state index in [2.05, 4.69) is 35.4 Å². The SMILES string of the molecule is CC(C)CCC(=O)Nc1nnc(SCc2ccc(C#N)cc2)s1. The van der Waals surface area contributed by atoms with Crippen LogP contribution in [-0.2, 0) is 10.5 Å². The molecule has 5 nitrogen and oxygen atoms in total. The van der Waals surface area contributed by atoms with E-state index < -0.39 is 0 Å². The summed E-state index contributed by atoms with van der Waals surface area (Å²) in [4.78, 5) is 11.8. The summed E-state index contributed by atoms with van der Waals surface area (Å²) < 4.78 is 0.813. The highest BCUT2D eigenvalue weighted by Crippen LogP contribution is 2.28. The second-order valence-corrected chi connectivity index (χ2v) is 7.65. The Hall–Kier alpha value is -1.91. The highest BCUT2D eigenvalue weighted by atomic mass is 32.2. The van der Waals surface area contributed by atoms with Crippen molar-refractivity contribution in [1.82, 2.24) is 10.2 Å². The van der Waals surface area contributed by atoms with Gasteiger partial charge in [-0.3, -0.25) is 4.79 Å². The lowest BCUT2D eigenvalue weighted by Gasteiger charge is -2.03. The first-order valence-electron chi connectivity index (χ1n) is 7.32. The molecule has 0 unspecified atom stereocenters. The van der Waals surface area contributed by atoms with Crippen molar-refractivity contribution in [2.45, 2.75) is 36.8 Å². The second kappa shape index (κ2) is 8.65. The number of anilines is 1. The normalized spacial score (nSPS) is 10.5. The number of hydrogen-bond donors (Lipinski definition) is 1. The van der Waals surface area contributed by atoms with Gasteiger partial charge in [0.1, 0.15) is 0 Å². The molecule has 7 heteroatoms. The molecule has 0 saturated heterocycles. The molecule has 1 N–H and O–H groups in total. The van der Waals surface area contributed by atoms with Crippen molar-refractivity contribution in [2.24, 2.45) is 5.92 Å². The Labute approximate surface area is 144 Å². The zero-order valence-corrected chi connectivity index (χ0v) is 14.7. The van der Waals surface area contributed by atoms with Crippen molar-refractivity contribution in [3.63, 3.8) is 0 Å². The highest BCUT2D eigenvalue weighted by Gasteiger charge is 2.09. The summed E-state index contributed by atoms with van der Waals surface area (Å²) in [5, 5.41) is 20.2. The third-order valence-corrected chi connectivity index (χ3v) is 5.09.